The molecule has 3 heterocycles. The summed E-state index contributed by atoms with van der Waals surface area (Å²) in [6.45, 7) is 2.00. The molecule has 1 aromatic carbocycles. The fraction of sp³-hybridized carbons (Fsp3) is 0.350. The third-order valence-electron chi connectivity index (χ3n) is 5.20. The molecule has 2 aromatic rings. The molecule has 31 heavy (non-hydrogen) atoms. The summed E-state index contributed by atoms with van der Waals surface area (Å²) in [7, 11) is 0. The van der Waals surface area contributed by atoms with Crippen LogP contribution in [-0.2, 0) is 16.1 Å². The number of carbonyl (C=O) groups is 2. The highest BCUT2D eigenvalue weighted by Crippen LogP contribution is 2.21. The first-order valence-electron chi connectivity index (χ1n) is 9.86. The normalized spacial score (nSPS) is 22.0. The summed E-state index contributed by atoms with van der Waals surface area (Å²) in [5.74, 6) is 0.205. The van der Waals surface area contributed by atoms with Gasteiger partial charge in [-0.3, -0.25) is 14.5 Å². The maximum Gasteiger partial charge on any atom is 0.267 e. The van der Waals surface area contributed by atoms with Crippen molar-refractivity contribution in [3.05, 3.63) is 52.3 Å². The van der Waals surface area contributed by atoms with Crippen LogP contribution in [0.2, 0.25) is 5.02 Å². The second-order valence-corrected chi connectivity index (χ2v) is 8.49. The predicted molar refractivity (Wildman–Crippen MR) is 119 cm³/mol. The Balaban J connectivity index is 1.49. The predicted octanol–water partition coefficient (Wildman–Crippen LogP) is 1.39. The second-order valence-electron chi connectivity index (χ2n) is 7.50. The van der Waals surface area contributed by atoms with Gasteiger partial charge in [-0.15, -0.1) is 0 Å². The molecule has 162 valence electrons. The Morgan fingerprint density at radius 3 is 2.84 bits per heavy atom. The molecule has 4 N–H and O–H groups in total. The van der Waals surface area contributed by atoms with E-state index in [2.05, 4.69) is 29.3 Å². The van der Waals surface area contributed by atoms with Gasteiger partial charge in [0.05, 0.1) is 23.6 Å². The van der Waals surface area contributed by atoms with Crippen LogP contribution in [0.4, 0.5) is 5.82 Å². The van der Waals surface area contributed by atoms with Crippen molar-refractivity contribution in [2.24, 2.45) is 10.7 Å². The van der Waals surface area contributed by atoms with Crippen LogP contribution in [0.3, 0.4) is 0 Å². The van der Waals surface area contributed by atoms with Gasteiger partial charge in [0.15, 0.2) is 5.82 Å². The van der Waals surface area contributed by atoms with Crippen molar-refractivity contribution < 1.29 is 9.59 Å². The van der Waals surface area contributed by atoms with E-state index in [1.807, 2.05) is 12.1 Å². The lowest BCUT2D eigenvalue weighted by molar-refractivity contribution is -0.119. The van der Waals surface area contributed by atoms with Crippen LogP contribution in [0.5, 0.6) is 0 Å². The number of nitrogens with two attached hydrogens (primary N) is 1. The summed E-state index contributed by atoms with van der Waals surface area (Å²) in [4.78, 5) is 30.9. The van der Waals surface area contributed by atoms with E-state index in [4.69, 9.17) is 17.3 Å². The molecule has 11 heteroatoms. The Kier molecular flexibility index (Phi) is 6.59. The third kappa shape index (κ3) is 5.46. The molecule has 0 radical (unpaired) electrons. The van der Waals surface area contributed by atoms with Crippen LogP contribution in [0.25, 0.3) is 0 Å². The molecule has 4 rings (SSSR count). The monoisotopic (exact) mass is 459 g/mol. The van der Waals surface area contributed by atoms with Crippen molar-refractivity contribution in [3.8, 4) is 0 Å². The lowest BCUT2D eigenvalue weighted by Gasteiger charge is -2.18. The quantitative estimate of drug-likeness (QED) is 0.560. The number of halogens is 1. The molecule has 9 nitrogen and oxygen atoms in total. The van der Waals surface area contributed by atoms with Crippen molar-refractivity contribution in [1.82, 2.24) is 24.3 Å². The zero-order valence-corrected chi connectivity index (χ0v) is 18.2. The summed E-state index contributed by atoms with van der Waals surface area (Å²) in [5, 5.41) is 6.46. The van der Waals surface area contributed by atoms with Gasteiger partial charge < -0.3 is 16.4 Å². The van der Waals surface area contributed by atoms with E-state index < -0.39 is 0 Å². The average Bonchev–Trinajstić information content (AvgIpc) is 3.50. The molecular formula is C20H22ClN7O2S. The molecule has 0 unspecified atom stereocenters. The highest BCUT2D eigenvalue weighted by molar-refractivity contribution is 6.99. The van der Waals surface area contributed by atoms with E-state index >= 15 is 0 Å². The number of hydrogen-bond acceptors (Lipinski definition) is 8. The summed E-state index contributed by atoms with van der Waals surface area (Å²) < 4.78 is 8.11. The minimum Gasteiger partial charge on any atom is -0.394 e. The van der Waals surface area contributed by atoms with Gasteiger partial charge in [-0.05, 0) is 24.1 Å². The number of hydrogen-bond donors (Lipinski definition) is 3. The van der Waals surface area contributed by atoms with Gasteiger partial charge in [-0.1, -0.05) is 23.7 Å². The van der Waals surface area contributed by atoms with Gasteiger partial charge in [0.1, 0.15) is 5.70 Å². The number of rotatable bonds is 6. The first-order valence-corrected chi connectivity index (χ1v) is 11.0. The maximum absolute atomic E-state index is 12.7. The molecule has 0 spiro atoms. The number of aliphatic imine (C=N–C) groups is 1. The number of nitrogens with one attached hydrogen (secondary N) is 2. The second kappa shape index (κ2) is 9.54. The number of likely N-dealkylation sites (tertiary alicyclic amines) is 1. The number of benzene rings is 1. The molecule has 2 aliphatic heterocycles. The smallest absolute Gasteiger partial charge is 0.267 e. The van der Waals surface area contributed by atoms with Gasteiger partial charge in [-0.25, -0.2) is 4.99 Å². The van der Waals surface area contributed by atoms with Crippen LogP contribution in [0.15, 0.2) is 46.7 Å². The van der Waals surface area contributed by atoms with E-state index in [1.54, 1.807) is 18.3 Å². The van der Waals surface area contributed by atoms with Gasteiger partial charge in [0.2, 0.25) is 5.91 Å². The third-order valence-corrected chi connectivity index (χ3v) is 5.92. The Labute approximate surface area is 188 Å². The van der Waals surface area contributed by atoms with Crippen molar-refractivity contribution >= 4 is 46.7 Å². The van der Waals surface area contributed by atoms with Crippen molar-refractivity contribution in [2.45, 2.75) is 25.4 Å². The topological polar surface area (TPSA) is 126 Å². The molecule has 1 aromatic heterocycles. The van der Waals surface area contributed by atoms with E-state index in [0.29, 0.717) is 54.7 Å². The summed E-state index contributed by atoms with van der Waals surface area (Å²) in [6.07, 6.45) is 2.92. The van der Waals surface area contributed by atoms with E-state index in [0.717, 1.165) is 23.7 Å². The van der Waals surface area contributed by atoms with E-state index in [9.17, 15) is 9.59 Å². The highest BCUT2D eigenvalue weighted by atomic mass is 35.5. The molecule has 2 amide bonds. The fourth-order valence-corrected chi connectivity index (χ4v) is 4.13. The molecular weight excluding hydrogens is 438 g/mol. The standard InChI is InChI=1S/C20H22ClN7O2S/c21-13-3-1-12(2-4-13)7-23-20(30)19(22)15-10-28(9-14-5-6-18(29)25-14)11-16(15)26-17-8-24-31-27-17/h1-4,8,14H,5-7,9-11,22H2,(H,23,30)(H,25,29)/b19-15-,26-16?/t14-/m1/s1. The Bertz CT molecular complexity index is 1020. The lowest BCUT2D eigenvalue weighted by atomic mass is 10.1. The highest BCUT2D eigenvalue weighted by Gasteiger charge is 2.31. The lowest BCUT2D eigenvalue weighted by Crippen LogP contribution is -2.37. The minimum absolute atomic E-state index is 0.0727. The van der Waals surface area contributed by atoms with Crippen LogP contribution in [-0.4, -0.2) is 56.8 Å². The Morgan fingerprint density at radius 2 is 2.16 bits per heavy atom. The number of nitrogens with zero attached hydrogens (tertiary/aromatic N) is 4. The average molecular weight is 460 g/mol. The minimum atomic E-state index is -0.356. The molecule has 1 atom stereocenters. The SMILES string of the molecule is N/C(C(=O)NCc1ccc(Cl)cc1)=C1/CN(C[C@H]2CCC(=O)N2)CC1=Nc1cnsn1. The molecule has 0 saturated carbocycles. The van der Waals surface area contributed by atoms with E-state index in [1.165, 1.54) is 0 Å². The summed E-state index contributed by atoms with van der Waals surface area (Å²) in [6, 6.07) is 7.33. The van der Waals surface area contributed by atoms with Crippen LogP contribution in [0.1, 0.15) is 18.4 Å². The molecule has 0 bridgehead atoms. The number of amides is 2. The fourth-order valence-electron chi connectivity index (χ4n) is 3.64. The maximum atomic E-state index is 12.7. The van der Waals surface area contributed by atoms with Gasteiger partial charge in [0, 0.05) is 49.2 Å². The zero-order valence-electron chi connectivity index (χ0n) is 16.7. The first kappa shape index (κ1) is 21.4. The number of aromatic nitrogens is 2. The zero-order chi connectivity index (χ0) is 21.8. The van der Waals surface area contributed by atoms with Crippen molar-refractivity contribution in [3.63, 3.8) is 0 Å². The van der Waals surface area contributed by atoms with Gasteiger partial charge in [-0.2, -0.15) is 8.75 Å². The van der Waals surface area contributed by atoms with Crippen LogP contribution < -0.4 is 16.4 Å². The largest absolute Gasteiger partial charge is 0.394 e. The van der Waals surface area contributed by atoms with Crippen LogP contribution >= 0.6 is 23.3 Å². The van der Waals surface area contributed by atoms with E-state index in [-0.39, 0.29) is 23.6 Å². The van der Waals surface area contributed by atoms with Crippen molar-refractivity contribution in [1.29, 1.82) is 0 Å². The molecule has 2 saturated heterocycles. The van der Waals surface area contributed by atoms with Crippen LogP contribution in [0, 0.1) is 0 Å². The van der Waals surface area contributed by atoms with Crippen molar-refractivity contribution in [2.75, 3.05) is 19.6 Å². The van der Waals surface area contributed by atoms with Gasteiger partial charge >= 0.3 is 0 Å². The Hall–Kier alpha value is -2.82. The summed E-state index contributed by atoms with van der Waals surface area (Å²) >= 11 is 6.97. The first-order chi connectivity index (χ1) is 15.0. The molecule has 2 aliphatic rings. The summed E-state index contributed by atoms with van der Waals surface area (Å²) in [5.41, 5.74) is 8.67. The Morgan fingerprint density at radius 1 is 1.35 bits per heavy atom. The molecule has 2 fully saturated rings. The molecule has 0 aliphatic carbocycles. The van der Waals surface area contributed by atoms with Gasteiger partial charge in [0.25, 0.3) is 5.91 Å². The number of carbonyl (C=O) groups excluding carboxylic acids is 2.